The van der Waals surface area contributed by atoms with Crippen LogP contribution >= 0.6 is 0 Å². The van der Waals surface area contributed by atoms with Crippen molar-refractivity contribution in [3.63, 3.8) is 0 Å². The van der Waals surface area contributed by atoms with Gasteiger partial charge in [-0.3, -0.25) is 5.10 Å². The molecule has 0 amide bonds. The topological polar surface area (TPSA) is 57.9 Å². The summed E-state index contributed by atoms with van der Waals surface area (Å²) in [5, 5.41) is 8.45. The number of nitrogens with zero attached hydrogens (tertiary/aromatic N) is 2. The third-order valence-electron chi connectivity index (χ3n) is 2.46. The summed E-state index contributed by atoms with van der Waals surface area (Å²) in [6, 6.07) is 5.83. The van der Waals surface area contributed by atoms with Crippen molar-refractivity contribution in [3.05, 3.63) is 23.9 Å². The smallest absolute Gasteiger partial charge is 0.0714 e. The third kappa shape index (κ3) is 2.10. The number of anilines is 1. The van der Waals surface area contributed by atoms with Crippen LogP contribution in [0.2, 0.25) is 0 Å². The molecular formula is C11H16N4. The molecule has 0 unspecified atom stereocenters. The molecule has 0 aliphatic carbocycles. The van der Waals surface area contributed by atoms with Gasteiger partial charge in [-0.2, -0.15) is 5.10 Å². The largest absolute Gasteiger partial charge is 0.399 e. The van der Waals surface area contributed by atoms with Crippen LogP contribution < -0.4 is 5.73 Å². The first-order valence-corrected chi connectivity index (χ1v) is 5.04. The van der Waals surface area contributed by atoms with Gasteiger partial charge in [-0.1, -0.05) is 0 Å². The number of benzene rings is 1. The van der Waals surface area contributed by atoms with Crippen molar-refractivity contribution in [1.82, 2.24) is 15.1 Å². The molecule has 0 aliphatic rings. The summed E-state index contributed by atoms with van der Waals surface area (Å²) in [4.78, 5) is 2.15. The number of nitrogens with one attached hydrogen (secondary N) is 1. The number of H-pyrrole nitrogens is 1. The van der Waals surface area contributed by atoms with E-state index in [-0.39, 0.29) is 0 Å². The zero-order chi connectivity index (χ0) is 10.8. The Balaban J connectivity index is 2.31. The lowest BCUT2D eigenvalue weighted by Gasteiger charge is -2.07. The highest BCUT2D eigenvalue weighted by Crippen LogP contribution is 2.19. The fourth-order valence-corrected chi connectivity index (χ4v) is 1.61. The number of hydrogen-bond acceptors (Lipinski definition) is 3. The zero-order valence-electron chi connectivity index (χ0n) is 9.12. The fraction of sp³-hybridized carbons (Fsp3) is 0.364. The van der Waals surface area contributed by atoms with Gasteiger partial charge in [-0.25, -0.2) is 0 Å². The Bertz CT molecular complexity index is 459. The van der Waals surface area contributed by atoms with Crippen molar-refractivity contribution in [2.45, 2.75) is 6.42 Å². The van der Waals surface area contributed by atoms with Gasteiger partial charge in [-0.15, -0.1) is 0 Å². The molecule has 0 aliphatic heterocycles. The van der Waals surface area contributed by atoms with E-state index >= 15 is 0 Å². The van der Waals surface area contributed by atoms with Gasteiger partial charge in [0.1, 0.15) is 0 Å². The predicted octanol–water partition coefficient (Wildman–Crippen LogP) is 1.25. The van der Waals surface area contributed by atoms with Crippen LogP contribution in [0.5, 0.6) is 0 Å². The number of nitrogens with two attached hydrogens (primary N) is 1. The number of nitrogen functional groups attached to an aromatic ring is 1. The van der Waals surface area contributed by atoms with Crippen molar-refractivity contribution in [1.29, 1.82) is 0 Å². The van der Waals surface area contributed by atoms with Gasteiger partial charge < -0.3 is 10.6 Å². The quantitative estimate of drug-likeness (QED) is 0.740. The Morgan fingerprint density at radius 2 is 2.20 bits per heavy atom. The van der Waals surface area contributed by atoms with Crippen LogP contribution in [0.3, 0.4) is 0 Å². The van der Waals surface area contributed by atoms with Crippen molar-refractivity contribution < 1.29 is 0 Å². The number of likely N-dealkylation sites (N-methyl/N-ethyl adjacent to an activating group) is 1. The molecule has 3 N–H and O–H groups in total. The second kappa shape index (κ2) is 3.90. The predicted molar refractivity (Wildman–Crippen MR) is 62.8 cm³/mol. The van der Waals surface area contributed by atoms with E-state index in [1.807, 2.05) is 18.2 Å². The standard InChI is InChI=1S/C11H16N4/c1-15(2)6-5-11-9-7-8(12)3-4-10(9)13-14-11/h3-4,7H,5-6,12H2,1-2H3,(H,13,14). The van der Waals surface area contributed by atoms with E-state index in [1.165, 1.54) is 0 Å². The molecule has 2 aromatic rings. The minimum absolute atomic E-state index is 0.787. The van der Waals surface area contributed by atoms with E-state index in [0.717, 1.165) is 35.2 Å². The highest BCUT2D eigenvalue weighted by molar-refractivity contribution is 5.84. The van der Waals surface area contributed by atoms with Crippen molar-refractivity contribution in [3.8, 4) is 0 Å². The maximum Gasteiger partial charge on any atom is 0.0714 e. The second-order valence-corrected chi connectivity index (χ2v) is 4.03. The van der Waals surface area contributed by atoms with Crippen molar-refractivity contribution >= 4 is 16.6 Å². The number of fused-ring (bicyclic) bond motifs is 1. The Morgan fingerprint density at radius 1 is 1.40 bits per heavy atom. The van der Waals surface area contributed by atoms with E-state index in [4.69, 9.17) is 5.73 Å². The van der Waals surface area contributed by atoms with Gasteiger partial charge in [0.25, 0.3) is 0 Å². The van der Waals surface area contributed by atoms with Gasteiger partial charge in [0, 0.05) is 24.0 Å². The van der Waals surface area contributed by atoms with Crippen LogP contribution in [-0.2, 0) is 6.42 Å². The maximum atomic E-state index is 5.76. The molecule has 4 nitrogen and oxygen atoms in total. The maximum absolute atomic E-state index is 5.76. The molecule has 0 spiro atoms. The SMILES string of the molecule is CN(C)CCc1n[nH]c2ccc(N)cc12. The summed E-state index contributed by atoms with van der Waals surface area (Å²) in [5.74, 6) is 0. The van der Waals surface area contributed by atoms with Gasteiger partial charge >= 0.3 is 0 Å². The molecule has 0 saturated carbocycles. The summed E-state index contributed by atoms with van der Waals surface area (Å²) in [5.41, 5.74) is 8.69. The summed E-state index contributed by atoms with van der Waals surface area (Å²) in [6.45, 7) is 0.995. The first kappa shape index (κ1) is 9.98. The Labute approximate surface area is 89.1 Å². The Hall–Kier alpha value is -1.55. The van der Waals surface area contributed by atoms with Gasteiger partial charge in [0.2, 0.25) is 0 Å². The number of aromatic amines is 1. The molecule has 1 aromatic carbocycles. The first-order valence-electron chi connectivity index (χ1n) is 5.04. The molecule has 15 heavy (non-hydrogen) atoms. The lowest BCUT2D eigenvalue weighted by Crippen LogP contribution is -2.15. The molecule has 2 rings (SSSR count). The second-order valence-electron chi connectivity index (χ2n) is 4.03. The lowest BCUT2D eigenvalue weighted by atomic mass is 10.1. The van der Waals surface area contributed by atoms with Gasteiger partial charge in [0.05, 0.1) is 11.2 Å². The summed E-state index contributed by atoms with van der Waals surface area (Å²) in [7, 11) is 4.12. The van der Waals surface area contributed by atoms with Crippen molar-refractivity contribution in [2.75, 3.05) is 26.4 Å². The first-order chi connectivity index (χ1) is 7.16. The highest BCUT2D eigenvalue weighted by Gasteiger charge is 2.05. The summed E-state index contributed by atoms with van der Waals surface area (Å²) < 4.78 is 0. The van der Waals surface area contributed by atoms with E-state index in [9.17, 15) is 0 Å². The average molecular weight is 204 g/mol. The normalized spacial score (nSPS) is 11.4. The zero-order valence-corrected chi connectivity index (χ0v) is 9.12. The van der Waals surface area contributed by atoms with Crippen molar-refractivity contribution in [2.24, 2.45) is 0 Å². The molecule has 0 radical (unpaired) electrons. The highest BCUT2D eigenvalue weighted by atomic mass is 15.1. The van der Waals surface area contributed by atoms with E-state index in [1.54, 1.807) is 0 Å². The van der Waals surface area contributed by atoms with E-state index in [2.05, 4.69) is 29.2 Å². The van der Waals surface area contributed by atoms with E-state index < -0.39 is 0 Å². The molecular weight excluding hydrogens is 188 g/mol. The van der Waals surface area contributed by atoms with Crippen LogP contribution in [0.4, 0.5) is 5.69 Å². The minimum Gasteiger partial charge on any atom is -0.399 e. The molecule has 0 saturated heterocycles. The summed E-state index contributed by atoms with van der Waals surface area (Å²) in [6.07, 6.45) is 0.941. The molecule has 1 aromatic heterocycles. The Kier molecular flexibility index (Phi) is 2.60. The Morgan fingerprint density at radius 3 is 2.93 bits per heavy atom. The van der Waals surface area contributed by atoms with E-state index in [0.29, 0.717) is 0 Å². The molecule has 80 valence electrons. The molecule has 0 fully saturated rings. The number of aromatic nitrogens is 2. The minimum atomic E-state index is 0.787. The number of rotatable bonds is 3. The molecule has 4 heteroatoms. The van der Waals surface area contributed by atoms with Crippen LogP contribution in [0, 0.1) is 0 Å². The monoisotopic (exact) mass is 204 g/mol. The lowest BCUT2D eigenvalue weighted by molar-refractivity contribution is 0.412. The van der Waals surface area contributed by atoms with Crippen LogP contribution in [-0.4, -0.2) is 35.7 Å². The van der Waals surface area contributed by atoms with Gasteiger partial charge in [0.15, 0.2) is 0 Å². The average Bonchev–Trinajstić information content (AvgIpc) is 2.57. The molecule has 1 heterocycles. The van der Waals surface area contributed by atoms with Crippen LogP contribution in [0.1, 0.15) is 5.69 Å². The third-order valence-corrected chi connectivity index (χ3v) is 2.46. The van der Waals surface area contributed by atoms with Crippen LogP contribution in [0.15, 0.2) is 18.2 Å². The number of hydrogen-bond donors (Lipinski definition) is 2. The van der Waals surface area contributed by atoms with Gasteiger partial charge in [-0.05, 0) is 32.3 Å². The molecule has 0 bridgehead atoms. The summed E-state index contributed by atoms with van der Waals surface area (Å²) >= 11 is 0. The molecule has 0 atom stereocenters. The van der Waals surface area contributed by atoms with Crippen LogP contribution in [0.25, 0.3) is 10.9 Å². The fourth-order valence-electron chi connectivity index (χ4n) is 1.61.